The molecular formula is C10H9F4NO2S. The maximum Gasteiger partial charge on any atom is 0.479 e. The lowest BCUT2D eigenvalue weighted by molar-refractivity contribution is -0.128. The molecule has 1 aromatic rings. The molecule has 1 aromatic carbocycles. The molecule has 1 amide bonds. The largest absolute Gasteiger partial charge is 0.479 e. The first kappa shape index (κ1) is 14.6. The van der Waals surface area contributed by atoms with Crippen LogP contribution in [0.15, 0.2) is 24.3 Å². The molecular weight excluding hydrogens is 274 g/mol. The van der Waals surface area contributed by atoms with Gasteiger partial charge in [-0.05, 0) is 24.6 Å². The van der Waals surface area contributed by atoms with E-state index in [4.69, 9.17) is 5.73 Å². The molecule has 8 heteroatoms. The summed E-state index contributed by atoms with van der Waals surface area (Å²) in [5.41, 5.74) is -2.10. The number of hydrogen-bond donors (Lipinski definition) is 1. The average molecular weight is 283 g/mol. The van der Waals surface area contributed by atoms with Gasteiger partial charge in [0.15, 0.2) is 12.0 Å². The number of halogens is 4. The molecule has 0 aliphatic rings. The van der Waals surface area contributed by atoms with Crippen molar-refractivity contribution in [1.29, 1.82) is 0 Å². The second-order valence-electron chi connectivity index (χ2n) is 3.50. The van der Waals surface area contributed by atoms with Crippen molar-refractivity contribution in [2.75, 3.05) is 0 Å². The number of alkyl halides is 4. The van der Waals surface area contributed by atoms with E-state index >= 15 is 0 Å². The molecule has 0 aliphatic heterocycles. The third kappa shape index (κ3) is 3.80. The second-order valence-corrected chi connectivity index (χ2v) is 4.30. The fraction of sp³-hybridized carbons (Fsp3) is 0.300. The fourth-order valence-corrected chi connectivity index (χ4v) is 1.36. The van der Waals surface area contributed by atoms with Crippen molar-refractivity contribution in [3.63, 3.8) is 0 Å². The van der Waals surface area contributed by atoms with Gasteiger partial charge in [0.1, 0.15) is 5.75 Å². The Bertz CT molecular complexity index is 430. The van der Waals surface area contributed by atoms with Crippen LogP contribution in [0.5, 0.6) is 5.75 Å². The van der Waals surface area contributed by atoms with Gasteiger partial charge in [0.25, 0.3) is 5.91 Å². The van der Waals surface area contributed by atoms with E-state index in [0.717, 1.165) is 31.2 Å². The third-order valence-corrected chi connectivity index (χ3v) is 2.56. The third-order valence-electron chi connectivity index (χ3n) is 2.09. The van der Waals surface area contributed by atoms with Crippen LogP contribution in [0.4, 0.5) is 17.6 Å². The van der Waals surface area contributed by atoms with Crippen LogP contribution in [-0.2, 0) is 10.5 Å². The molecule has 0 aliphatic carbocycles. The number of primary amides is 1. The van der Waals surface area contributed by atoms with E-state index in [1.165, 1.54) is 0 Å². The highest BCUT2D eigenvalue weighted by molar-refractivity contribution is 7.95. The lowest BCUT2D eigenvalue weighted by Crippen LogP contribution is -2.34. The number of carbonyl (C=O) groups excluding carboxylic acids is 1. The minimum absolute atomic E-state index is 0.0561. The van der Waals surface area contributed by atoms with Crippen LogP contribution in [0.1, 0.15) is 12.5 Å². The summed E-state index contributed by atoms with van der Waals surface area (Å²) in [4.78, 5) is 10.8. The Labute approximate surface area is 105 Å². The molecule has 2 N–H and O–H groups in total. The molecule has 0 heterocycles. The molecule has 0 radical (unpaired) electrons. The van der Waals surface area contributed by atoms with E-state index in [0.29, 0.717) is 0 Å². The molecule has 1 atom stereocenters. The SMILES string of the molecule is CC(F)(C(N)=O)c1ccc(OSC(F)(F)F)cc1. The quantitative estimate of drug-likeness (QED) is 0.683. The molecule has 0 bridgehead atoms. The Kier molecular flexibility index (Phi) is 4.10. The van der Waals surface area contributed by atoms with E-state index in [2.05, 4.69) is 4.18 Å². The average Bonchev–Trinajstić information content (AvgIpc) is 2.26. The van der Waals surface area contributed by atoms with Crippen molar-refractivity contribution < 1.29 is 26.5 Å². The van der Waals surface area contributed by atoms with Crippen LogP contribution >= 0.6 is 12.0 Å². The summed E-state index contributed by atoms with van der Waals surface area (Å²) in [6, 6.07) is 4.51. The van der Waals surface area contributed by atoms with E-state index < -0.39 is 29.1 Å². The minimum Gasteiger partial charge on any atom is -0.417 e. The first-order valence-electron chi connectivity index (χ1n) is 4.65. The number of benzene rings is 1. The molecule has 3 nitrogen and oxygen atoms in total. The standard InChI is InChI=1S/C10H9F4NO2S/c1-9(11,8(15)16)6-2-4-7(5-3-6)17-18-10(12,13)14/h2-5H,1H3,(H2,15,16). The van der Waals surface area contributed by atoms with E-state index in [1.54, 1.807) is 0 Å². The van der Waals surface area contributed by atoms with Crippen LogP contribution in [0.25, 0.3) is 0 Å². The normalized spacial score (nSPS) is 14.9. The molecule has 0 aromatic heterocycles. The summed E-state index contributed by atoms with van der Waals surface area (Å²) in [5, 5.41) is 0. The summed E-state index contributed by atoms with van der Waals surface area (Å²) in [7, 11) is 0. The number of hydrogen-bond acceptors (Lipinski definition) is 3. The molecule has 18 heavy (non-hydrogen) atoms. The van der Waals surface area contributed by atoms with Gasteiger partial charge in [-0.1, -0.05) is 12.1 Å². The van der Waals surface area contributed by atoms with Gasteiger partial charge >= 0.3 is 5.51 Å². The number of rotatable bonds is 4. The van der Waals surface area contributed by atoms with Gasteiger partial charge < -0.3 is 9.92 Å². The Morgan fingerprint density at radius 3 is 2.11 bits per heavy atom. The van der Waals surface area contributed by atoms with Crippen LogP contribution in [-0.4, -0.2) is 11.4 Å². The summed E-state index contributed by atoms with van der Waals surface area (Å²) in [6.45, 7) is 0.968. The molecule has 0 saturated heterocycles. The van der Waals surface area contributed by atoms with Crippen molar-refractivity contribution in [3.05, 3.63) is 29.8 Å². The number of nitrogens with two attached hydrogens (primary N) is 1. The first-order valence-corrected chi connectivity index (χ1v) is 5.39. The van der Waals surface area contributed by atoms with Crippen LogP contribution in [0.3, 0.4) is 0 Å². The molecule has 1 rings (SSSR count). The fourth-order valence-electron chi connectivity index (χ4n) is 1.06. The lowest BCUT2D eigenvalue weighted by Gasteiger charge is -2.16. The van der Waals surface area contributed by atoms with Gasteiger partial charge in [-0.2, -0.15) is 13.2 Å². The van der Waals surface area contributed by atoms with Gasteiger partial charge in [-0.15, -0.1) is 0 Å². The molecule has 0 fully saturated rings. The number of carbonyl (C=O) groups is 1. The zero-order chi connectivity index (χ0) is 14.0. The monoisotopic (exact) mass is 283 g/mol. The van der Waals surface area contributed by atoms with Gasteiger partial charge in [0, 0.05) is 0 Å². The van der Waals surface area contributed by atoms with E-state index in [9.17, 15) is 22.4 Å². The van der Waals surface area contributed by atoms with Crippen molar-refractivity contribution >= 4 is 17.9 Å². The number of amides is 1. The highest BCUT2D eigenvalue weighted by Crippen LogP contribution is 2.33. The van der Waals surface area contributed by atoms with Crippen molar-refractivity contribution in [2.45, 2.75) is 18.1 Å². The summed E-state index contributed by atoms with van der Waals surface area (Å²) in [6.07, 6.45) is 0. The van der Waals surface area contributed by atoms with E-state index in [-0.39, 0.29) is 11.3 Å². The first-order chi connectivity index (χ1) is 8.13. The summed E-state index contributed by atoms with van der Waals surface area (Å²) < 4.78 is 53.6. The van der Waals surface area contributed by atoms with Crippen molar-refractivity contribution in [2.24, 2.45) is 5.73 Å². The van der Waals surface area contributed by atoms with Gasteiger partial charge in [0.05, 0.1) is 0 Å². The van der Waals surface area contributed by atoms with Gasteiger partial charge in [-0.25, -0.2) is 4.39 Å². The highest BCUT2D eigenvalue weighted by Gasteiger charge is 2.33. The maximum absolute atomic E-state index is 13.8. The van der Waals surface area contributed by atoms with E-state index in [1.807, 2.05) is 0 Å². The van der Waals surface area contributed by atoms with Crippen LogP contribution in [0, 0.1) is 0 Å². The molecule has 0 saturated carbocycles. The predicted molar refractivity (Wildman–Crippen MR) is 58.4 cm³/mol. The molecule has 1 unspecified atom stereocenters. The highest BCUT2D eigenvalue weighted by atomic mass is 32.2. The lowest BCUT2D eigenvalue weighted by atomic mass is 9.97. The summed E-state index contributed by atoms with van der Waals surface area (Å²) >= 11 is -0.679. The van der Waals surface area contributed by atoms with Crippen LogP contribution < -0.4 is 9.92 Å². The molecule has 0 spiro atoms. The van der Waals surface area contributed by atoms with Crippen molar-refractivity contribution in [3.8, 4) is 5.75 Å². The minimum atomic E-state index is -4.53. The van der Waals surface area contributed by atoms with Crippen molar-refractivity contribution in [1.82, 2.24) is 0 Å². The van der Waals surface area contributed by atoms with Crippen LogP contribution in [0.2, 0.25) is 0 Å². The predicted octanol–water partition coefficient (Wildman–Crippen LogP) is 2.90. The van der Waals surface area contributed by atoms with Gasteiger partial charge in [-0.3, -0.25) is 4.79 Å². The topological polar surface area (TPSA) is 52.3 Å². The Hall–Kier alpha value is -1.44. The van der Waals surface area contributed by atoms with Gasteiger partial charge in [0.2, 0.25) is 5.67 Å². The zero-order valence-corrected chi connectivity index (χ0v) is 9.94. The summed E-state index contributed by atoms with van der Waals surface area (Å²) in [5.74, 6) is -1.29. The maximum atomic E-state index is 13.8. The smallest absolute Gasteiger partial charge is 0.417 e. The molecule has 100 valence electrons. The zero-order valence-electron chi connectivity index (χ0n) is 9.12. The Morgan fingerprint density at radius 1 is 1.22 bits per heavy atom. The Morgan fingerprint density at radius 2 is 1.72 bits per heavy atom. The Balaban J connectivity index is 2.78. The second kappa shape index (κ2) is 5.05.